The number of nitrogens with zero attached hydrogens (tertiary/aromatic N) is 1. The highest BCUT2D eigenvalue weighted by atomic mass is 32.1. The summed E-state index contributed by atoms with van der Waals surface area (Å²) in [5, 5.41) is 14.5. The summed E-state index contributed by atoms with van der Waals surface area (Å²) in [6.07, 6.45) is 4.42. The summed E-state index contributed by atoms with van der Waals surface area (Å²) in [6, 6.07) is 6.63. The lowest BCUT2D eigenvalue weighted by Crippen LogP contribution is -2.18. The number of rotatable bonds is 8. The SMILES string of the molecule is CC(C)(C#N)CCCCNCCc1cccs1. The maximum absolute atomic E-state index is 8.88. The third-order valence-corrected chi connectivity index (χ3v) is 3.77. The number of hydrogen-bond acceptors (Lipinski definition) is 3. The van der Waals surface area contributed by atoms with Crippen LogP contribution in [0.1, 0.15) is 38.0 Å². The molecule has 0 saturated heterocycles. The second-order valence-electron chi connectivity index (χ2n) is 5.03. The lowest BCUT2D eigenvalue weighted by atomic mass is 9.89. The first-order chi connectivity index (χ1) is 8.14. The van der Waals surface area contributed by atoms with Crippen molar-refractivity contribution in [3.63, 3.8) is 0 Å². The van der Waals surface area contributed by atoms with Gasteiger partial charge in [0.2, 0.25) is 0 Å². The Hall–Kier alpha value is -0.850. The molecule has 0 atom stereocenters. The highest BCUT2D eigenvalue weighted by Gasteiger charge is 2.14. The summed E-state index contributed by atoms with van der Waals surface area (Å²) in [6.45, 7) is 6.14. The summed E-state index contributed by atoms with van der Waals surface area (Å²) >= 11 is 1.82. The molecule has 0 fully saturated rings. The standard InChI is InChI=1S/C14H22N2S/c1-14(2,12-15)8-3-4-9-16-10-7-13-6-5-11-17-13/h5-6,11,16H,3-4,7-10H2,1-2H3. The molecule has 1 N–H and O–H groups in total. The van der Waals surface area contributed by atoms with Crippen LogP contribution < -0.4 is 5.32 Å². The van der Waals surface area contributed by atoms with Gasteiger partial charge >= 0.3 is 0 Å². The first-order valence-electron chi connectivity index (χ1n) is 6.28. The molecule has 1 heterocycles. The third kappa shape index (κ3) is 6.45. The molecule has 2 nitrogen and oxygen atoms in total. The maximum Gasteiger partial charge on any atom is 0.0683 e. The Morgan fingerprint density at radius 3 is 2.82 bits per heavy atom. The van der Waals surface area contributed by atoms with E-state index in [1.807, 2.05) is 25.2 Å². The van der Waals surface area contributed by atoms with E-state index in [9.17, 15) is 0 Å². The lowest BCUT2D eigenvalue weighted by molar-refractivity contribution is 0.423. The first kappa shape index (κ1) is 14.2. The summed E-state index contributed by atoms with van der Waals surface area (Å²) in [4.78, 5) is 1.45. The van der Waals surface area contributed by atoms with Crippen LogP contribution in [0.25, 0.3) is 0 Å². The molecule has 0 aliphatic heterocycles. The Balaban J connectivity index is 1.93. The van der Waals surface area contributed by atoms with E-state index in [-0.39, 0.29) is 5.41 Å². The van der Waals surface area contributed by atoms with Gasteiger partial charge in [0.05, 0.1) is 11.5 Å². The Labute approximate surface area is 109 Å². The fourth-order valence-corrected chi connectivity index (χ4v) is 2.37. The van der Waals surface area contributed by atoms with Gasteiger partial charge < -0.3 is 5.32 Å². The second-order valence-corrected chi connectivity index (χ2v) is 6.06. The Bertz CT molecular complexity index is 336. The minimum Gasteiger partial charge on any atom is -0.316 e. The van der Waals surface area contributed by atoms with Crippen molar-refractivity contribution in [2.45, 2.75) is 39.5 Å². The van der Waals surface area contributed by atoms with Crippen LogP contribution in [-0.4, -0.2) is 13.1 Å². The van der Waals surface area contributed by atoms with Crippen molar-refractivity contribution in [2.75, 3.05) is 13.1 Å². The quantitative estimate of drug-likeness (QED) is 0.716. The van der Waals surface area contributed by atoms with E-state index in [1.165, 1.54) is 4.88 Å². The normalized spacial score (nSPS) is 11.4. The van der Waals surface area contributed by atoms with Gasteiger partial charge in [0.15, 0.2) is 0 Å². The van der Waals surface area contributed by atoms with Gasteiger partial charge in [-0.15, -0.1) is 11.3 Å². The Morgan fingerprint density at radius 2 is 2.18 bits per heavy atom. The monoisotopic (exact) mass is 250 g/mol. The molecule has 3 heteroatoms. The van der Waals surface area contributed by atoms with Gasteiger partial charge in [0.1, 0.15) is 0 Å². The molecule has 0 aliphatic carbocycles. The average molecular weight is 250 g/mol. The molecular formula is C14H22N2S. The highest BCUT2D eigenvalue weighted by molar-refractivity contribution is 7.09. The topological polar surface area (TPSA) is 35.8 Å². The van der Waals surface area contributed by atoms with Crippen LogP contribution in [0, 0.1) is 16.7 Å². The maximum atomic E-state index is 8.88. The molecular weight excluding hydrogens is 228 g/mol. The number of nitriles is 1. The van der Waals surface area contributed by atoms with Gasteiger partial charge in [-0.2, -0.15) is 5.26 Å². The molecule has 1 rings (SSSR count). The largest absolute Gasteiger partial charge is 0.316 e. The summed E-state index contributed by atoms with van der Waals surface area (Å²) in [5.41, 5.74) is -0.156. The van der Waals surface area contributed by atoms with Crippen molar-refractivity contribution in [3.8, 4) is 6.07 Å². The minimum absolute atomic E-state index is 0.156. The third-order valence-electron chi connectivity index (χ3n) is 2.84. The number of thiophene rings is 1. The minimum atomic E-state index is -0.156. The van der Waals surface area contributed by atoms with Gasteiger partial charge in [-0.1, -0.05) is 12.5 Å². The highest BCUT2D eigenvalue weighted by Crippen LogP contribution is 2.21. The zero-order valence-corrected chi connectivity index (χ0v) is 11.6. The number of hydrogen-bond donors (Lipinski definition) is 1. The summed E-state index contributed by atoms with van der Waals surface area (Å²) in [5.74, 6) is 0. The average Bonchev–Trinajstić information content (AvgIpc) is 2.81. The first-order valence-corrected chi connectivity index (χ1v) is 7.16. The van der Waals surface area contributed by atoms with Crippen LogP contribution in [0.2, 0.25) is 0 Å². The molecule has 0 amide bonds. The molecule has 1 aromatic rings. The molecule has 0 aliphatic rings. The van der Waals surface area contributed by atoms with Crippen LogP contribution in [-0.2, 0) is 6.42 Å². The van der Waals surface area contributed by atoms with E-state index in [0.717, 1.165) is 38.8 Å². The molecule has 0 bridgehead atoms. The van der Waals surface area contributed by atoms with Crippen molar-refractivity contribution < 1.29 is 0 Å². The fraction of sp³-hybridized carbons (Fsp3) is 0.643. The van der Waals surface area contributed by atoms with Gasteiger partial charge in [0.25, 0.3) is 0 Å². The molecule has 0 spiro atoms. The Morgan fingerprint density at radius 1 is 1.35 bits per heavy atom. The molecule has 0 unspecified atom stereocenters. The predicted octanol–water partition coefficient (Wildman–Crippen LogP) is 3.60. The summed E-state index contributed by atoms with van der Waals surface area (Å²) in [7, 11) is 0. The van der Waals surface area contributed by atoms with Crippen LogP contribution >= 0.6 is 11.3 Å². The zero-order chi connectivity index (χ0) is 12.6. The number of nitrogens with one attached hydrogen (secondary N) is 1. The van der Waals surface area contributed by atoms with Gasteiger partial charge in [-0.25, -0.2) is 0 Å². The second kappa shape index (κ2) is 7.47. The van der Waals surface area contributed by atoms with Crippen LogP contribution in [0.3, 0.4) is 0 Å². The summed E-state index contributed by atoms with van der Waals surface area (Å²) < 4.78 is 0. The molecule has 94 valence electrons. The van der Waals surface area contributed by atoms with Crippen molar-refractivity contribution in [2.24, 2.45) is 5.41 Å². The van der Waals surface area contributed by atoms with E-state index in [1.54, 1.807) is 0 Å². The van der Waals surface area contributed by atoms with Crippen molar-refractivity contribution in [1.82, 2.24) is 5.32 Å². The fourth-order valence-electron chi connectivity index (χ4n) is 1.66. The lowest BCUT2D eigenvalue weighted by Gasteiger charge is -2.14. The van der Waals surface area contributed by atoms with Gasteiger partial charge in [-0.3, -0.25) is 0 Å². The molecule has 0 radical (unpaired) electrons. The molecule has 0 aromatic carbocycles. The predicted molar refractivity (Wildman–Crippen MR) is 74.1 cm³/mol. The Kier molecular flexibility index (Phi) is 6.25. The van der Waals surface area contributed by atoms with E-state index in [2.05, 4.69) is 28.9 Å². The van der Waals surface area contributed by atoms with Crippen LogP contribution in [0.15, 0.2) is 17.5 Å². The van der Waals surface area contributed by atoms with Crippen molar-refractivity contribution in [1.29, 1.82) is 5.26 Å². The zero-order valence-electron chi connectivity index (χ0n) is 10.8. The van der Waals surface area contributed by atoms with Crippen molar-refractivity contribution >= 4 is 11.3 Å². The van der Waals surface area contributed by atoms with Crippen LogP contribution in [0.4, 0.5) is 0 Å². The van der Waals surface area contributed by atoms with Gasteiger partial charge in [0, 0.05) is 4.88 Å². The molecule has 0 saturated carbocycles. The van der Waals surface area contributed by atoms with E-state index < -0.39 is 0 Å². The van der Waals surface area contributed by atoms with Gasteiger partial charge in [-0.05, 0) is 57.6 Å². The van der Waals surface area contributed by atoms with E-state index in [4.69, 9.17) is 5.26 Å². The molecule has 1 aromatic heterocycles. The van der Waals surface area contributed by atoms with E-state index in [0.29, 0.717) is 0 Å². The van der Waals surface area contributed by atoms with Crippen LogP contribution in [0.5, 0.6) is 0 Å². The van der Waals surface area contributed by atoms with E-state index >= 15 is 0 Å². The molecule has 17 heavy (non-hydrogen) atoms. The number of unbranched alkanes of at least 4 members (excludes halogenated alkanes) is 1. The smallest absolute Gasteiger partial charge is 0.0683 e. The van der Waals surface area contributed by atoms with Crippen molar-refractivity contribution in [3.05, 3.63) is 22.4 Å².